The molecule has 174 valence electrons. The molecule has 1 aliphatic heterocycles. The van der Waals surface area contributed by atoms with Crippen molar-refractivity contribution in [2.75, 3.05) is 19.8 Å². The minimum atomic E-state index is -1.22. The Morgan fingerprint density at radius 3 is 2.12 bits per heavy atom. The summed E-state index contributed by atoms with van der Waals surface area (Å²) in [7, 11) is 0. The Balaban J connectivity index is 1.45. The predicted molar refractivity (Wildman–Crippen MR) is 121 cm³/mol. The number of carbonyl (C=O) groups excluding carboxylic acids is 2. The predicted octanol–water partition coefficient (Wildman–Crippen LogP) is 3.00. The summed E-state index contributed by atoms with van der Waals surface area (Å²) in [4.78, 5) is 38.7. The lowest BCUT2D eigenvalue weighted by Crippen LogP contribution is -2.59. The first-order valence-corrected chi connectivity index (χ1v) is 11.1. The molecule has 1 saturated heterocycles. The number of aliphatic carboxylic acids is 1. The third-order valence-electron chi connectivity index (χ3n) is 6.23. The van der Waals surface area contributed by atoms with E-state index in [0.717, 1.165) is 22.3 Å². The number of nitrogens with one attached hydrogen (secondary N) is 1. The topological polar surface area (TPSA) is 105 Å². The van der Waals surface area contributed by atoms with E-state index in [1.54, 1.807) is 4.90 Å². The molecule has 2 aromatic carbocycles. The molecule has 3 unspecified atom stereocenters. The summed E-state index contributed by atoms with van der Waals surface area (Å²) in [5.41, 5.74) is 4.36. The van der Waals surface area contributed by atoms with E-state index >= 15 is 0 Å². The normalized spacial score (nSPS) is 20.5. The van der Waals surface area contributed by atoms with Gasteiger partial charge in [-0.2, -0.15) is 0 Å². The van der Waals surface area contributed by atoms with E-state index in [0.29, 0.717) is 13.2 Å². The lowest BCUT2D eigenvalue weighted by Gasteiger charge is -2.40. The fraction of sp³-hybridized carbons (Fsp3) is 0.400. The summed E-state index contributed by atoms with van der Waals surface area (Å²) in [6.07, 6.45) is -1.34. The number of morpholine rings is 1. The van der Waals surface area contributed by atoms with E-state index in [4.69, 9.17) is 9.47 Å². The third-order valence-corrected chi connectivity index (χ3v) is 6.23. The number of nitrogens with zero attached hydrogens (tertiary/aromatic N) is 1. The zero-order valence-electron chi connectivity index (χ0n) is 18.7. The van der Waals surface area contributed by atoms with E-state index in [1.165, 1.54) is 0 Å². The number of carboxylic acid groups (broad SMARTS) is 1. The molecule has 4 rings (SSSR count). The second-order valence-corrected chi connectivity index (χ2v) is 8.60. The van der Waals surface area contributed by atoms with Crippen LogP contribution in [0.1, 0.15) is 37.3 Å². The van der Waals surface area contributed by atoms with E-state index in [9.17, 15) is 19.5 Å². The number of amides is 2. The van der Waals surface area contributed by atoms with Crippen molar-refractivity contribution in [2.45, 2.75) is 44.3 Å². The third kappa shape index (κ3) is 4.71. The van der Waals surface area contributed by atoms with Crippen LogP contribution in [0, 0.1) is 0 Å². The van der Waals surface area contributed by atoms with Gasteiger partial charge in [-0.05, 0) is 36.1 Å². The summed E-state index contributed by atoms with van der Waals surface area (Å²) in [5.74, 6) is -1.76. The molecule has 0 aromatic heterocycles. The fourth-order valence-corrected chi connectivity index (χ4v) is 4.78. The maximum Gasteiger partial charge on any atom is 0.407 e. The number of carbonyl (C=O) groups is 3. The summed E-state index contributed by atoms with van der Waals surface area (Å²) in [6.45, 7) is 4.47. The van der Waals surface area contributed by atoms with Crippen LogP contribution in [0.4, 0.5) is 4.79 Å². The quantitative estimate of drug-likeness (QED) is 0.698. The van der Waals surface area contributed by atoms with Gasteiger partial charge in [0.05, 0.1) is 31.7 Å². The summed E-state index contributed by atoms with van der Waals surface area (Å²) in [6, 6.07) is 14.3. The molecule has 0 bridgehead atoms. The highest BCUT2D eigenvalue weighted by Crippen LogP contribution is 2.44. The van der Waals surface area contributed by atoms with Crippen LogP contribution in [-0.2, 0) is 19.1 Å². The second kappa shape index (κ2) is 9.62. The van der Waals surface area contributed by atoms with Gasteiger partial charge in [-0.3, -0.25) is 9.59 Å². The Labute approximate surface area is 192 Å². The number of benzene rings is 2. The van der Waals surface area contributed by atoms with Crippen molar-refractivity contribution in [1.82, 2.24) is 10.2 Å². The van der Waals surface area contributed by atoms with Crippen LogP contribution in [0.5, 0.6) is 0 Å². The molecule has 2 aromatic rings. The fourth-order valence-electron chi connectivity index (χ4n) is 4.78. The van der Waals surface area contributed by atoms with Gasteiger partial charge in [-0.15, -0.1) is 0 Å². The molecular weight excluding hydrogens is 424 g/mol. The maximum atomic E-state index is 13.1. The molecule has 0 saturated carbocycles. The minimum Gasteiger partial charge on any atom is -0.481 e. The lowest BCUT2D eigenvalue weighted by molar-refractivity contribution is -0.150. The van der Waals surface area contributed by atoms with Gasteiger partial charge in [0, 0.05) is 5.92 Å². The molecule has 3 atom stereocenters. The number of ether oxygens (including phenoxy) is 2. The smallest absolute Gasteiger partial charge is 0.407 e. The monoisotopic (exact) mass is 452 g/mol. The largest absolute Gasteiger partial charge is 0.481 e. The molecule has 2 N–H and O–H groups in total. The molecule has 0 radical (unpaired) electrons. The summed E-state index contributed by atoms with van der Waals surface area (Å²) < 4.78 is 11.0. The number of hydrogen-bond acceptors (Lipinski definition) is 5. The van der Waals surface area contributed by atoms with Crippen LogP contribution < -0.4 is 5.32 Å². The van der Waals surface area contributed by atoms with Crippen molar-refractivity contribution >= 4 is 18.0 Å². The number of rotatable bonds is 6. The molecule has 1 fully saturated rings. The van der Waals surface area contributed by atoms with Crippen LogP contribution in [0.25, 0.3) is 11.1 Å². The molecule has 2 amide bonds. The van der Waals surface area contributed by atoms with Crippen LogP contribution >= 0.6 is 0 Å². The first-order valence-electron chi connectivity index (χ1n) is 11.1. The zero-order valence-corrected chi connectivity index (χ0v) is 18.7. The first kappa shape index (κ1) is 22.8. The van der Waals surface area contributed by atoms with E-state index < -0.39 is 30.4 Å². The number of hydrogen-bond donors (Lipinski definition) is 2. The molecule has 0 spiro atoms. The molecule has 8 heteroatoms. The van der Waals surface area contributed by atoms with Crippen molar-refractivity contribution in [3.8, 4) is 11.1 Å². The Hall–Kier alpha value is -3.39. The Morgan fingerprint density at radius 1 is 1.03 bits per heavy atom. The Kier molecular flexibility index (Phi) is 6.65. The second-order valence-electron chi connectivity index (χ2n) is 8.60. The Morgan fingerprint density at radius 2 is 1.58 bits per heavy atom. The average Bonchev–Trinajstić information content (AvgIpc) is 3.10. The molecular formula is C25H28N2O6. The minimum absolute atomic E-state index is 0.0815. The van der Waals surface area contributed by atoms with Crippen molar-refractivity contribution in [3.63, 3.8) is 0 Å². The van der Waals surface area contributed by atoms with Gasteiger partial charge in [0.25, 0.3) is 0 Å². The molecule has 8 nitrogen and oxygen atoms in total. The van der Waals surface area contributed by atoms with Gasteiger partial charge < -0.3 is 24.8 Å². The molecule has 2 aliphatic rings. The van der Waals surface area contributed by atoms with Crippen molar-refractivity contribution in [1.29, 1.82) is 0 Å². The SMILES string of the molecule is CC1COCC(C)N1C(=O)C(CC(=O)O)NC(=O)OCC1c2ccccc2-c2ccccc21. The van der Waals surface area contributed by atoms with Crippen molar-refractivity contribution in [2.24, 2.45) is 0 Å². The summed E-state index contributed by atoms with van der Waals surface area (Å²) >= 11 is 0. The van der Waals surface area contributed by atoms with E-state index in [1.807, 2.05) is 62.4 Å². The number of carboxylic acids is 1. The van der Waals surface area contributed by atoms with Gasteiger partial charge in [-0.25, -0.2) is 4.79 Å². The standard InChI is InChI=1S/C25H28N2O6/c1-15-12-32-13-16(2)27(15)24(30)22(11-23(28)29)26-25(31)33-14-21-19-9-5-3-7-17(19)18-8-4-6-10-20(18)21/h3-10,15-16,21-22H,11-14H2,1-2H3,(H,26,31)(H,28,29). The molecule has 1 heterocycles. The summed E-state index contributed by atoms with van der Waals surface area (Å²) in [5, 5.41) is 11.8. The first-order chi connectivity index (χ1) is 15.9. The van der Waals surface area contributed by atoms with Gasteiger partial charge >= 0.3 is 12.1 Å². The van der Waals surface area contributed by atoms with Gasteiger partial charge in [-0.1, -0.05) is 48.5 Å². The average molecular weight is 453 g/mol. The lowest BCUT2D eigenvalue weighted by atomic mass is 9.98. The highest BCUT2D eigenvalue weighted by Gasteiger charge is 2.36. The van der Waals surface area contributed by atoms with Gasteiger partial charge in [0.2, 0.25) is 5.91 Å². The van der Waals surface area contributed by atoms with Crippen LogP contribution in [0.2, 0.25) is 0 Å². The van der Waals surface area contributed by atoms with Gasteiger partial charge in [0.15, 0.2) is 0 Å². The van der Waals surface area contributed by atoms with E-state index in [2.05, 4.69) is 5.32 Å². The molecule has 1 aliphatic carbocycles. The maximum absolute atomic E-state index is 13.1. The highest BCUT2D eigenvalue weighted by molar-refractivity contribution is 5.89. The number of fused-ring (bicyclic) bond motifs is 3. The van der Waals surface area contributed by atoms with Crippen molar-refractivity contribution < 1.29 is 29.0 Å². The Bertz CT molecular complexity index is 999. The number of alkyl carbamates (subject to hydrolysis) is 1. The van der Waals surface area contributed by atoms with Gasteiger partial charge in [0.1, 0.15) is 12.6 Å². The van der Waals surface area contributed by atoms with E-state index in [-0.39, 0.29) is 24.6 Å². The highest BCUT2D eigenvalue weighted by atomic mass is 16.5. The van der Waals surface area contributed by atoms with Crippen LogP contribution in [0.15, 0.2) is 48.5 Å². The van der Waals surface area contributed by atoms with Crippen LogP contribution in [0.3, 0.4) is 0 Å². The molecule has 33 heavy (non-hydrogen) atoms. The zero-order chi connectivity index (χ0) is 23.5. The van der Waals surface area contributed by atoms with Crippen LogP contribution in [-0.4, -0.2) is 65.9 Å². The van der Waals surface area contributed by atoms with Crippen molar-refractivity contribution in [3.05, 3.63) is 59.7 Å².